The monoisotopic (exact) mass is 528 g/mol. The molecule has 0 aliphatic carbocycles. The zero-order valence-electron chi connectivity index (χ0n) is 18.5. The second-order valence-electron chi connectivity index (χ2n) is 7.38. The van der Waals surface area contributed by atoms with Gasteiger partial charge in [-0.05, 0) is 56.7 Å². The summed E-state index contributed by atoms with van der Waals surface area (Å²) in [7, 11) is 0. The number of benzene rings is 3. The zero-order chi connectivity index (χ0) is 22.2. The Morgan fingerprint density at radius 1 is 0.562 bits per heavy atom. The number of hydrogen-bond donors (Lipinski definition) is 0. The van der Waals surface area contributed by atoms with Gasteiger partial charge in [0.1, 0.15) is 0 Å². The van der Waals surface area contributed by atoms with Crippen molar-refractivity contribution in [1.29, 1.82) is 0 Å². The number of rotatable bonds is 4. The van der Waals surface area contributed by atoms with Crippen molar-refractivity contribution >= 4 is 101 Å². The highest BCUT2D eigenvalue weighted by molar-refractivity contribution is 8.45. The lowest BCUT2D eigenvalue weighted by Crippen LogP contribution is -2.16. The van der Waals surface area contributed by atoms with Crippen molar-refractivity contribution in [3.05, 3.63) is 77.3 Å². The molecule has 0 bridgehead atoms. The molecule has 0 saturated carbocycles. The Bertz CT molecular complexity index is 1310. The first kappa shape index (κ1) is 23.3. The molecule has 0 nitrogen and oxygen atoms in total. The van der Waals surface area contributed by atoms with Gasteiger partial charge in [0.15, 0.2) is 0 Å². The molecule has 164 valence electrons. The maximum atomic E-state index is 2.32. The molecule has 3 aromatic carbocycles. The van der Waals surface area contributed by atoms with Gasteiger partial charge in [-0.15, -0.1) is 23.5 Å². The molecule has 0 aromatic heterocycles. The Morgan fingerprint density at radius 2 is 0.906 bits per heavy atom. The summed E-state index contributed by atoms with van der Waals surface area (Å²) in [6.07, 6.45) is 0. The van der Waals surface area contributed by atoms with E-state index < -0.39 is 0 Å². The first-order valence-corrected chi connectivity index (χ1v) is 15.9. The predicted molar refractivity (Wildman–Crippen MR) is 160 cm³/mol. The second-order valence-corrected chi connectivity index (χ2v) is 15.5. The van der Waals surface area contributed by atoms with Crippen LogP contribution >= 0.6 is 70.6 Å². The van der Waals surface area contributed by atoms with Gasteiger partial charge in [-0.1, -0.05) is 109 Å². The maximum absolute atomic E-state index is 2.32. The van der Waals surface area contributed by atoms with Crippen LogP contribution in [-0.4, -0.2) is 11.5 Å². The van der Waals surface area contributed by atoms with Gasteiger partial charge in [-0.25, -0.2) is 0 Å². The summed E-state index contributed by atoms with van der Waals surface area (Å²) in [6.45, 7) is 8.99. The number of thioether (sulfide) groups is 6. The quantitative estimate of drug-likeness (QED) is 0.308. The Hall–Kier alpha value is -0.500. The average molecular weight is 529 g/mol. The summed E-state index contributed by atoms with van der Waals surface area (Å²) in [4.78, 5) is 2.84. The van der Waals surface area contributed by atoms with E-state index in [-0.39, 0.29) is 0 Å². The van der Waals surface area contributed by atoms with Gasteiger partial charge in [0, 0.05) is 10.4 Å². The van der Waals surface area contributed by atoms with Crippen LogP contribution in [0.25, 0.3) is 30.0 Å². The molecule has 3 aromatic rings. The lowest BCUT2D eigenvalue weighted by Gasteiger charge is -2.11. The van der Waals surface area contributed by atoms with Crippen LogP contribution in [0.2, 0.25) is 0 Å². The molecule has 0 atom stereocenters. The van der Waals surface area contributed by atoms with E-state index in [4.69, 9.17) is 0 Å². The summed E-state index contributed by atoms with van der Waals surface area (Å²) in [5.74, 6) is 2.23. The Kier molecular flexibility index (Phi) is 7.27. The third-order valence-electron chi connectivity index (χ3n) is 5.42. The molecule has 0 fully saturated rings. The molecule has 6 heteroatoms. The van der Waals surface area contributed by atoms with Crippen LogP contribution in [0.5, 0.6) is 0 Å². The highest BCUT2D eigenvalue weighted by Gasteiger charge is 2.24. The van der Waals surface area contributed by atoms with Gasteiger partial charge in [-0.2, -0.15) is 0 Å². The Balaban J connectivity index is 1.87. The maximum Gasteiger partial charge on any atom is 0.0660 e. The molecule has 0 spiro atoms. The van der Waals surface area contributed by atoms with Crippen LogP contribution in [0.3, 0.4) is 0 Å². The molecule has 2 heterocycles. The van der Waals surface area contributed by atoms with Gasteiger partial charge < -0.3 is 0 Å². The van der Waals surface area contributed by atoms with Crippen LogP contribution < -0.4 is 10.4 Å². The van der Waals surface area contributed by atoms with Crippen molar-refractivity contribution < 1.29 is 0 Å². The van der Waals surface area contributed by atoms with Crippen LogP contribution in [0.1, 0.15) is 27.7 Å². The first-order valence-electron chi connectivity index (χ1n) is 10.7. The minimum atomic E-state index is 1.11. The van der Waals surface area contributed by atoms with Crippen molar-refractivity contribution in [2.75, 3.05) is 11.5 Å². The van der Waals surface area contributed by atoms with Gasteiger partial charge in [-0.3, -0.25) is 0 Å². The van der Waals surface area contributed by atoms with Gasteiger partial charge in [0.05, 0.1) is 16.9 Å². The molecule has 0 unspecified atom stereocenters. The van der Waals surface area contributed by atoms with E-state index >= 15 is 0 Å². The fourth-order valence-electron chi connectivity index (χ4n) is 3.93. The third kappa shape index (κ3) is 4.20. The largest absolute Gasteiger partial charge is 0.118 e. The van der Waals surface area contributed by atoms with E-state index in [0.717, 1.165) is 11.5 Å². The number of allylic oxidation sites excluding steroid dienone is 2. The van der Waals surface area contributed by atoms with Crippen LogP contribution in [0.15, 0.2) is 66.8 Å². The molecule has 2 aliphatic rings. The average Bonchev–Trinajstić information content (AvgIpc) is 3.34. The van der Waals surface area contributed by atoms with E-state index in [9.17, 15) is 0 Å². The fourth-order valence-corrected chi connectivity index (χ4v) is 12.4. The Labute approximate surface area is 215 Å². The van der Waals surface area contributed by atoms with Gasteiger partial charge >= 0.3 is 0 Å². The Morgan fingerprint density at radius 3 is 1.25 bits per heavy atom. The first-order chi connectivity index (χ1) is 15.6. The molecular formula is C26H24S6. The van der Waals surface area contributed by atoms with Crippen molar-refractivity contribution in [2.24, 2.45) is 0 Å². The molecule has 5 rings (SSSR count). The van der Waals surface area contributed by atoms with Crippen molar-refractivity contribution in [3.63, 3.8) is 0 Å². The second kappa shape index (κ2) is 10.0. The molecule has 32 heavy (non-hydrogen) atoms. The van der Waals surface area contributed by atoms with Crippen molar-refractivity contribution in [2.45, 2.75) is 27.7 Å². The van der Waals surface area contributed by atoms with Crippen molar-refractivity contribution in [3.8, 4) is 0 Å². The normalized spacial score (nSPS) is 17.0. The van der Waals surface area contributed by atoms with E-state index in [1.165, 1.54) is 58.7 Å². The zero-order valence-corrected chi connectivity index (χ0v) is 23.4. The highest BCUT2D eigenvalue weighted by atomic mass is 32.3. The molecule has 0 N–H and O–H groups in total. The van der Waals surface area contributed by atoms with Crippen molar-refractivity contribution in [1.82, 2.24) is 0 Å². The summed E-state index contributed by atoms with van der Waals surface area (Å²) in [5, 5.41) is 8.29. The molecule has 2 aliphatic heterocycles. The summed E-state index contributed by atoms with van der Waals surface area (Å²) >= 11 is 11.8. The molecule has 0 amide bonds. The smallest absolute Gasteiger partial charge is 0.0660 e. The molecule has 0 radical (unpaired) electrons. The van der Waals surface area contributed by atoms with E-state index in [2.05, 4.69) is 76.2 Å². The lowest BCUT2D eigenvalue weighted by molar-refractivity contribution is 1.53. The van der Waals surface area contributed by atoms with Crippen LogP contribution in [-0.2, 0) is 0 Å². The minimum absolute atomic E-state index is 1.11. The lowest BCUT2D eigenvalue weighted by atomic mass is 9.99. The summed E-state index contributed by atoms with van der Waals surface area (Å²) in [5.41, 5.74) is 0. The topological polar surface area (TPSA) is 0 Å². The standard InChI is InChI=1S/C26H24S6/c1-5-27-25-26(28-6-2)32-24(31-25)22-19-13-9-7-11-17(19)21(18-12-8-10-14-20(18)22)23-29-15(3)16(4)30-23/h7-14H,5-6H2,1-4H3. The SMILES string of the molecule is CCSC1=C(SCC)SC(=c2c3ccccc3c(=C3SC(C)=C(C)S3)c3ccccc23)S1. The highest BCUT2D eigenvalue weighted by Crippen LogP contribution is 2.58. The predicted octanol–water partition coefficient (Wildman–Crippen LogP) is 8.97. The molecular weight excluding hydrogens is 505 g/mol. The number of fused-ring (bicyclic) bond motifs is 2. The van der Waals surface area contributed by atoms with E-state index in [1.54, 1.807) is 0 Å². The minimum Gasteiger partial charge on any atom is -0.118 e. The van der Waals surface area contributed by atoms with E-state index in [0.29, 0.717) is 0 Å². The van der Waals surface area contributed by atoms with E-state index in [1.807, 2.05) is 70.6 Å². The van der Waals surface area contributed by atoms with Gasteiger partial charge in [0.2, 0.25) is 0 Å². The number of hydrogen-bond acceptors (Lipinski definition) is 6. The summed E-state index contributed by atoms with van der Waals surface area (Å²) in [6, 6.07) is 18.1. The van der Waals surface area contributed by atoms with Crippen LogP contribution in [0, 0.1) is 0 Å². The molecule has 0 saturated heterocycles. The van der Waals surface area contributed by atoms with Crippen LogP contribution in [0.4, 0.5) is 0 Å². The third-order valence-corrected chi connectivity index (χ3v) is 13.3. The van der Waals surface area contributed by atoms with Gasteiger partial charge in [0.25, 0.3) is 0 Å². The summed E-state index contributed by atoms with van der Waals surface area (Å²) < 4.78 is 5.79. The fraction of sp³-hybridized carbons (Fsp3) is 0.231.